The highest BCUT2D eigenvalue weighted by atomic mass is 35.5. The topological polar surface area (TPSA) is 85.3 Å². The average molecular weight is 451 g/mol. The van der Waals surface area contributed by atoms with Crippen LogP contribution in [0.15, 0.2) is 69.6 Å². The fourth-order valence-electron chi connectivity index (χ4n) is 3.28. The van der Waals surface area contributed by atoms with Crippen LogP contribution in [0.2, 0.25) is 5.02 Å². The molecule has 0 N–H and O–H groups in total. The summed E-state index contributed by atoms with van der Waals surface area (Å²) in [5.74, 6) is 1.85. The van der Waals surface area contributed by atoms with Gasteiger partial charge in [-0.3, -0.25) is 4.79 Å². The molecule has 0 saturated carbocycles. The predicted octanol–water partition coefficient (Wildman–Crippen LogP) is 5.41. The molecule has 8 heteroatoms. The Labute approximate surface area is 191 Å². The zero-order valence-electron chi connectivity index (χ0n) is 17.9. The summed E-state index contributed by atoms with van der Waals surface area (Å²) < 4.78 is 11.6. The molecular weight excluding hydrogens is 428 g/mol. The highest BCUT2D eigenvalue weighted by Crippen LogP contribution is 2.27. The van der Waals surface area contributed by atoms with E-state index in [0.717, 1.165) is 5.56 Å². The Hall–Kier alpha value is -3.45. The van der Waals surface area contributed by atoms with Gasteiger partial charge in [-0.2, -0.15) is 0 Å². The summed E-state index contributed by atoms with van der Waals surface area (Å²) in [7, 11) is 0. The molecule has 7 nitrogen and oxygen atoms in total. The maximum absolute atomic E-state index is 12.9. The summed E-state index contributed by atoms with van der Waals surface area (Å²) in [6, 6.07) is 17.0. The van der Waals surface area contributed by atoms with Crippen molar-refractivity contribution in [1.29, 1.82) is 0 Å². The molecule has 0 radical (unpaired) electrons. The number of rotatable bonds is 8. The molecule has 0 aliphatic heterocycles. The number of amides is 1. The third-order valence-corrected chi connectivity index (χ3v) is 5.31. The maximum Gasteiger partial charge on any atom is 0.249 e. The lowest BCUT2D eigenvalue weighted by Crippen LogP contribution is -2.36. The number of hydrogen-bond acceptors (Lipinski definition) is 6. The first kappa shape index (κ1) is 21.8. The molecule has 0 aliphatic rings. The summed E-state index contributed by atoms with van der Waals surface area (Å²) >= 11 is 6.21. The molecule has 164 valence electrons. The van der Waals surface area contributed by atoms with E-state index in [-0.39, 0.29) is 24.9 Å². The lowest BCUT2D eigenvalue weighted by Gasteiger charge is -2.25. The normalized spacial score (nSPS) is 11.1. The minimum Gasteiger partial charge on any atom is -0.441 e. The van der Waals surface area contributed by atoms with Crippen LogP contribution in [0.1, 0.15) is 32.0 Å². The van der Waals surface area contributed by atoms with Gasteiger partial charge < -0.3 is 13.7 Å². The average Bonchev–Trinajstić information content (AvgIpc) is 3.46. The van der Waals surface area contributed by atoms with Crippen molar-refractivity contribution in [2.45, 2.75) is 39.3 Å². The molecule has 0 aliphatic carbocycles. The molecule has 32 heavy (non-hydrogen) atoms. The van der Waals surface area contributed by atoms with Gasteiger partial charge in [0, 0.05) is 24.4 Å². The number of nitrogens with zero attached hydrogens (tertiary/aromatic N) is 4. The van der Waals surface area contributed by atoms with Gasteiger partial charge in [-0.25, -0.2) is 4.98 Å². The van der Waals surface area contributed by atoms with E-state index >= 15 is 0 Å². The molecule has 0 saturated heterocycles. The largest absolute Gasteiger partial charge is 0.441 e. The molecule has 1 amide bonds. The Bertz CT molecular complexity index is 1190. The molecular formula is C24H23ClN4O3. The quantitative estimate of drug-likeness (QED) is 0.356. The predicted molar refractivity (Wildman–Crippen MR) is 121 cm³/mol. The van der Waals surface area contributed by atoms with Crippen molar-refractivity contribution >= 4 is 17.5 Å². The zero-order valence-corrected chi connectivity index (χ0v) is 18.6. The maximum atomic E-state index is 12.9. The minimum absolute atomic E-state index is 0.0393. The van der Waals surface area contributed by atoms with Crippen LogP contribution in [-0.2, 0) is 17.8 Å². The van der Waals surface area contributed by atoms with E-state index in [2.05, 4.69) is 15.2 Å². The van der Waals surface area contributed by atoms with Gasteiger partial charge in [0.15, 0.2) is 11.7 Å². The van der Waals surface area contributed by atoms with Gasteiger partial charge in [0.2, 0.25) is 17.7 Å². The smallest absolute Gasteiger partial charge is 0.249 e. The molecule has 0 bridgehead atoms. The Balaban J connectivity index is 1.40. The molecule has 0 atom stereocenters. The van der Waals surface area contributed by atoms with Gasteiger partial charge in [-0.15, -0.1) is 10.2 Å². The van der Waals surface area contributed by atoms with Crippen LogP contribution in [0.3, 0.4) is 0 Å². The summed E-state index contributed by atoms with van der Waals surface area (Å²) in [6.45, 7) is 4.11. The molecule has 2 heterocycles. The first-order valence-electron chi connectivity index (χ1n) is 10.4. The number of halogens is 1. The fraction of sp³-hybridized carbons (Fsp3) is 0.250. The fourth-order valence-corrected chi connectivity index (χ4v) is 3.50. The monoisotopic (exact) mass is 450 g/mol. The standard InChI is InChI=1S/C24H23ClN4O3/c1-16(2)29(15-22-27-28-24(32-22)18-10-6-7-11-19(18)25)23(30)13-12-21-26-14-20(31-21)17-8-4-3-5-9-17/h3-11,14,16H,12-13,15H2,1-2H3. The van der Waals surface area contributed by atoms with Crippen molar-refractivity contribution in [2.24, 2.45) is 0 Å². The highest BCUT2D eigenvalue weighted by molar-refractivity contribution is 6.33. The van der Waals surface area contributed by atoms with Gasteiger partial charge >= 0.3 is 0 Å². The van der Waals surface area contributed by atoms with E-state index in [1.165, 1.54) is 0 Å². The molecule has 0 spiro atoms. The van der Waals surface area contributed by atoms with Crippen molar-refractivity contribution in [2.75, 3.05) is 0 Å². The third-order valence-electron chi connectivity index (χ3n) is 4.99. The minimum atomic E-state index is -0.0445. The second-order valence-corrected chi connectivity index (χ2v) is 7.99. The molecule has 2 aromatic heterocycles. The SMILES string of the molecule is CC(C)N(Cc1nnc(-c2ccccc2Cl)o1)C(=O)CCc1ncc(-c2ccccc2)o1. The Kier molecular flexibility index (Phi) is 6.66. The van der Waals surface area contributed by atoms with E-state index in [0.29, 0.717) is 40.4 Å². The van der Waals surface area contributed by atoms with E-state index < -0.39 is 0 Å². The second kappa shape index (κ2) is 9.78. The Morgan fingerprint density at radius 2 is 1.75 bits per heavy atom. The van der Waals surface area contributed by atoms with Crippen molar-refractivity contribution in [1.82, 2.24) is 20.1 Å². The summed E-state index contributed by atoms with van der Waals surface area (Å²) in [4.78, 5) is 18.9. The summed E-state index contributed by atoms with van der Waals surface area (Å²) in [5, 5.41) is 8.70. The van der Waals surface area contributed by atoms with E-state index in [1.54, 1.807) is 17.2 Å². The molecule has 0 fully saturated rings. The van der Waals surface area contributed by atoms with Crippen LogP contribution < -0.4 is 0 Å². The summed E-state index contributed by atoms with van der Waals surface area (Å²) in [5.41, 5.74) is 1.61. The van der Waals surface area contributed by atoms with Gasteiger partial charge in [0.05, 0.1) is 23.3 Å². The Morgan fingerprint density at radius 1 is 1.00 bits per heavy atom. The van der Waals surface area contributed by atoms with E-state index in [4.69, 9.17) is 20.4 Å². The van der Waals surface area contributed by atoms with E-state index in [9.17, 15) is 4.79 Å². The number of carbonyl (C=O) groups is 1. The van der Waals surface area contributed by atoms with Gasteiger partial charge in [0.1, 0.15) is 0 Å². The molecule has 4 aromatic rings. The van der Waals surface area contributed by atoms with Crippen LogP contribution in [0.5, 0.6) is 0 Å². The molecule has 2 aromatic carbocycles. The highest BCUT2D eigenvalue weighted by Gasteiger charge is 2.21. The summed E-state index contributed by atoms with van der Waals surface area (Å²) in [6.07, 6.45) is 2.35. The lowest BCUT2D eigenvalue weighted by molar-refractivity contribution is -0.134. The first-order valence-corrected chi connectivity index (χ1v) is 10.8. The number of aromatic nitrogens is 3. The second-order valence-electron chi connectivity index (χ2n) is 7.58. The van der Waals surface area contributed by atoms with Crippen LogP contribution in [0.4, 0.5) is 0 Å². The van der Waals surface area contributed by atoms with Crippen molar-refractivity contribution < 1.29 is 13.6 Å². The van der Waals surface area contributed by atoms with Crippen molar-refractivity contribution in [3.05, 3.63) is 77.6 Å². The molecule has 4 rings (SSSR count). The van der Waals surface area contributed by atoms with Gasteiger partial charge in [0.25, 0.3) is 0 Å². The first-order chi connectivity index (χ1) is 15.5. The zero-order chi connectivity index (χ0) is 22.5. The number of hydrogen-bond donors (Lipinski definition) is 0. The van der Waals surface area contributed by atoms with Crippen LogP contribution in [-0.4, -0.2) is 32.0 Å². The van der Waals surface area contributed by atoms with Crippen LogP contribution >= 0.6 is 11.6 Å². The van der Waals surface area contributed by atoms with Gasteiger partial charge in [-0.05, 0) is 26.0 Å². The lowest BCUT2D eigenvalue weighted by atomic mass is 10.2. The number of benzene rings is 2. The van der Waals surface area contributed by atoms with Crippen molar-refractivity contribution in [3.63, 3.8) is 0 Å². The molecule has 0 unspecified atom stereocenters. The van der Waals surface area contributed by atoms with E-state index in [1.807, 2.05) is 62.4 Å². The number of carbonyl (C=O) groups excluding carboxylic acids is 1. The van der Waals surface area contributed by atoms with Crippen LogP contribution in [0, 0.1) is 0 Å². The number of aryl methyl sites for hydroxylation is 1. The van der Waals surface area contributed by atoms with Gasteiger partial charge in [-0.1, -0.05) is 54.1 Å². The third kappa shape index (κ3) is 5.06. The van der Waals surface area contributed by atoms with Crippen LogP contribution in [0.25, 0.3) is 22.8 Å². The Morgan fingerprint density at radius 3 is 2.50 bits per heavy atom. The van der Waals surface area contributed by atoms with Crippen molar-refractivity contribution in [3.8, 4) is 22.8 Å². The number of oxazole rings is 1.